The molecule has 8 heteroatoms. The number of aryl methyl sites for hydroxylation is 1. The van der Waals surface area contributed by atoms with Crippen molar-refractivity contribution >= 4 is 29.2 Å². The number of esters is 1. The maximum absolute atomic E-state index is 12.5. The number of rotatable bonds is 8. The minimum atomic E-state index is -1.07. The molecule has 4 atom stereocenters. The Hall–Kier alpha value is -3.03. The lowest BCUT2D eigenvalue weighted by Crippen LogP contribution is -2.43. The van der Waals surface area contributed by atoms with Gasteiger partial charge in [0.2, 0.25) is 0 Å². The lowest BCUT2D eigenvalue weighted by molar-refractivity contribution is -0.147. The van der Waals surface area contributed by atoms with Crippen LogP contribution in [0.3, 0.4) is 0 Å². The van der Waals surface area contributed by atoms with Crippen LogP contribution in [0.5, 0.6) is 5.75 Å². The second kappa shape index (κ2) is 12.7. The van der Waals surface area contributed by atoms with Crippen LogP contribution >= 0.6 is 11.6 Å². The highest BCUT2D eigenvalue weighted by Crippen LogP contribution is 2.41. The Labute approximate surface area is 229 Å². The van der Waals surface area contributed by atoms with Crippen molar-refractivity contribution in [2.75, 3.05) is 25.1 Å². The number of fused-ring (bicyclic) bond motifs is 2. The molecule has 0 bridgehead atoms. The van der Waals surface area contributed by atoms with Crippen molar-refractivity contribution in [3.63, 3.8) is 0 Å². The molecule has 38 heavy (non-hydrogen) atoms. The maximum Gasteiger partial charge on any atom is 0.313 e. The predicted molar refractivity (Wildman–Crippen MR) is 147 cm³/mol. The highest BCUT2D eigenvalue weighted by atomic mass is 35.5. The summed E-state index contributed by atoms with van der Waals surface area (Å²) in [5.74, 6) is -1.48. The van der Waals surface area contributed by atoms with Gasteiger partial charge in [0.1, 0.15) is 12.4 Å². The number of carboxylic acids is 1. The number of aliphatic hydroxyl groups is 1. The number of ether oxygens (including phenoxy) is 2. The number of halogens is 1. The number of benzene rings is 2. The predicted octanol–water partition coefficient (Wildman–Crippen LogP) is 5.37. The van der Waals surface area contributed by atoms with Crippen LogP contribution in [0.1, 0.15) is 54.7 Å². The summed E-state index contributed by atoms with van der Waals surface area (Å²) in [7, 11) is 1.27. The van der Waals surface area contributed by atoms with E-state index in [1.54, 1.807) is 12.1 Å². The smallest absolute Gasteiger partial charge is 0.313 e. The number of hydrogen-bond donors (Lipinski definition) is 2. The second-order valence-corrected chi connectivity index (χ2v) is 10.7. The van der Waals surface area contributed by atoms with Gasteiger partial charge in [-0.1, -0.05) is 29.8 Å². The molecule has 0 aromatic heterocycles. The van der Waals surface area contributed by atoms with E-state index in [2.05, 4.69) is 11.5 Å². The molecule has 2 unspecified atom stereocenters. The number of carbonyl (C=O) groups is 2. The van der Waals surface area contributed by atoms with Crippen molar-refractivity contribution in [1.29, 1.82) is 0 Å². The van der Waals surface area contributed by atoms with Crippen LogP contribution in [0.25, 0.3) is 0 Å². The van der Waals surface area contributed by atoms with Crippen LogP contribution in [0, 0.1) is 11.8 Å². The normalized spacial score (nSPS) is 20.9. The third-order valence-corrected chi connectivity index (χ3v) is 8.11. The molecule has 2 aliphatic rings. The van der Waals surface area contributed by atoms with E-state index < -0.39 is 24.0 Å². The van der Waals surface area contributed by atoms with E-state index in [4.69, 9.17) is 21.1 Å². The molecule has 0 amide bonds. The summed E-state index contributed by atoms with van der Waals surface area (Å²) in [5.41, 5.74) is 3.64. The van der Waals surface area contributed by atoms with Gasteiger partial charge in [0.25, 0.3) is 0 Å². The molecule has 1 heterocycles. The molecule has 0 radical (unpaired) electrons. The minimum absolute atomic E-state index is 0.152. The average Bonchev–Trinajstić information content (AvgIpc) is 2.92. The summed E-state index contributed by atoms with van der Waals surface area (Å²) in [6.45, 7) is 5.60. The SMILES string of the molecule is C=CC(O)[C@@H]1CC[C@H]1CN1CCCCc2cc(Cl)ccc2COc2ccc(C(CC(=O)O)C(=O)OC)cc21. The van der Waals surface area contributed by atoms with Gasteiger partial charge in [-0.25, -0.2) is 0 Å². The first kappa shape index (κ1) is 28.0. The van der Waals surface area contributed by atoms with Gasteiger partial charge in [-0.15, -0.1) is 6.58 Å². The largest absolute Gasteiger partial charge is 0.487 e. The maximum atomic E-state index is 12.5. The zero-order chi connectivity index (χ0) is 27.2. The van der Waals surface area contributed by atoms with Gasteiger partial charge in [-0.3, -0.25) is 9.59 Å². The molecular formula is C30H36ClNO6. The van der Waals surface area contributed by atoms with Crippen LogP contribution in [0.4, 0.5) is 5.69 Å². The Morgan fingerprint density at radius 2 is 2.03 bits per heavy atom. The second-order valence-electron chi connectivity index (χ2n) is 10.2. The number of methoxy groups -OCH3 is 1. The number of aliphatic hydroxyl groups excluding tert-OH is 1. The molecule has 2 aromatic carbocycles. The fraction of sp³-hybridized carbons (Fsp3) is 0.467. The van der Waals surface area contributed by atoms with Crippen LogP contribution in [-0.4, -0.2) is 48.5 Å². The Morgan fingerprint density at radius 3 is 2.71 bits per heavy atom. The van der Waals surface area contributed by atoms with E-state index in [9.17, 15) is 19.8 Å². The Kier molecular flexibility index (Phi) is 9.34. The van der Waals surface area contributed by atoms with Crippen molar-refractivity contribution in [2.24, 2.45) is 11.8 Å². The topological polar surface area (TPSA) is 96.3 Å². The fourth-order valence-electron chi connectivity index (χ4n) is 5.56. The average molecular weight is 542 g/mol. The first-order chi connectivity index (χ1) is 18.3. The standard InChI is InChI=1S/C30H36ClNO6/c1-3-27(33)24-11-8-21(24)17-32-13-5-4-6-19-14-23(31)10-7-22(19)18-38-28-12-9-20(15-26(28)32)25(16-29(34)35)30(36)37-2/h3,7,9-10,12,14-15,21,24-25,27,33H,1,4-6,8,11,13,16-18H2,2H3,(H,34,35)/t21-,24+,25?,27?/m0/s1. The van der Waals surface area contributed by atoms with Gasteiger partial charge in [0.05, 0.1) is 31.2 Å². The van der Waals surface area contributed by atoms with E-state index in [1.807, 2.05) is 30.3 Å². The van der Waals surface area contributed by atoms with Gasteiger partial charge in [-0.05, 0) is 84.9 Å². The van der Waals surface area contributed by atoms with E-state index >= 15 is 0 Å². The molecule has 204 valence electrons. The molecule has 4 rings (SSSR count). The summed E-state index contributed by atoms with van der Waals surface area (Å²) in [6, 6.07) is 11.3. The first-order valence-electron chi connectivity index (χ1n) is 13.2. The molecule has 0 spiro atoms. The number of nitrogens with zero attached hydrogens (tertiary/aromatic N) is 1. The third kappa shape index (κ3) is 6.51. The monoisotopic (exact) mass is 541 g/mol. The number of hydrogen-bond acceptors (Lipinski definition) is 6. The van der Waals surface area contributed by atoms with E-state index in [0.29, 0.717) is 22.9 Å². The highest BCUT2D eigenvalue weighted by Gasteiger charge is 2.36. The fourth-order valence-corrected chi connectivity index (χ4v) is 5.75. The molecule has 1 aliphatic carbocycles. The Balaban J connectivity index is 1.72. The van der Waals surface area contributed by atoms with Gasteiger partial charge in [0, 0.05) is 18.1 Å². The molecule has 2 N–H and O–H groups in total. The number of carbonyl (C=O) groups excluding carboxylic acids is 1. The van der Waals surface area contributed by atoms with Gasteiger partial charge in [0.15, 0.2) is 0 Å². The van der Waals surface area contributed by atoms with Crippen molar-refractivity contribution in [3.05, 3.63) is 70.8 Å². The highest BCUT2D eigenvalue weighted by molar-refractivity contribution is 6.30. The third-order valence-electron chi connectivity index (χ3n) is 7.88. The van der Waals surface area contributed by atoms with Crippen molar-refractivity contribution in [3.8, 4) is 5.75 Å². The summed E-state index contributed by atoms with van der Waals surface area (Å²) >= 11 is 6.28. The Bertz CT molecular complexity index is 1170. The van der Waals surface area contributed by atoms with Crippen LogP contribution in [-0.2, 0) is 27.4 Å². The van der Waals surface area contributed by atoms with Gasteiger partial charge in [-0.2, -0.15) is 0 Å². The summed E-state index contributed by atoms with van der Waals surface area (Å²) < 4.78 is 11.3. The molecule has 1 saturated carbocycles. The van der Waals surface area contributed by atoms with Crippen molar-refractivity contribution in [2.45, 2.75) is 57.2 Å². The summed E-state index contributed by atoms with van der Waals surface area (Å²) in [6.07, 6.45) is 5.44. The van der Waals surface area contributed by atoms with E-state index in [1.165, 1.54) is 12.7 Å². The first-order valence-corrected chi connectivity index (χ1v) is 13.6. The quantitative estimate of drug-likeness (QED) is 0.343. The molecule has 0 saturated heterocycles. The number of aliphatic carboxylic acids is 1. The van der Waals surface area contributed by atoms with Crippen LogP contribution < -0.4 is 9.64 Å². The number of carboxylic acid groups (broad SMARTS) is 1. The van der Waals surface area contributed by atoms with Crippen molar-refractivity contribution in [1.82, 2.24) is 0 Å². The number of anilines is 1. The minimum Gasteiger partial charge on any atom is -0.487 e. The Morgan fingerprint density at radius 1 is 1.21 bits per heavy atom. The molecular weight excluding hydrogens is 506 g/mol. The van der Waals surface area contributed by atoms with E-state index in [-0.39, 0.29) is 18.3 Å². The van der Waals surface area contributed by atoms with Crippen LogP contribution in [0.2, 0.25) is 5.02 Å². The molecule has 1 fully saturated rings. The lowest BCUT2D eigenvalue weighted by atomic mass is 9.70. The zero-order valence-electron chi connectivity index (χ0n) is 21.8. The summed E-state index contributed by atoms with van der Waals surface area (Å²) in [5, 5.41) is 20.6. The van der Waals surface area contributed by atoms with Gasteiger partial charge >= 0.3 is 11.9 Å². The zero-order valence-corrected chi connectivity index (χ0v) is 22.5. The van der Waals surface area contributed by atoms with Gasteiger partial charge < -0.3 is 24.6 Å². The molecule has 1 aliphatic heterocycles. The van der Waals surface area contributed by atoms with E-state index in [0.717, 1.165) is 56.4 Å². The molecule has 2 aromatic rings. The molecule has 7 nitrogen and oxygen atoms in total. The van der Waals surface area contributed by atoms with Crippen molar-refractivity contribution < 1.29 is 29.3 Å². The summed E-state index contributed by atoms with van der Waals surface area (Å²) in [4.78, 5) is 26.4. The lowest BCUT2D eigenvalue weighted by Gasteiger charge is -2.42. The van der Waals surface area contributed by atoms with Crippen LogP contribution in [0.15, 0.2) is 49.1 Å².